The SMILES string of the molecule is CCCC/C=C/C#CC#CCC(=O)O. The molecule has 1 N–H and O–H groups in total. The molecule has 14 heavy (non-hydrogen) atoms. The molecule has 74 valence electrons. The third-order valence-electron chi connectivity index (χ3n) is 1.39. The third-order valence-corrected chi connectivity index (χ3v) is 1.39. The molecule has 0 bridgehead atoms. The average molecular weight is 190 g/mol. The summed E-state index contributed by atoms with van der Waals surface area (Å²) in [5.74, 6) is 9.25. The van der Waals surface area contributed by atoms with Crippen LogP contribution in [0.3, 0.4) is 0 Å². The minimum Gasteiger partial charge on any atom is -0.481 e. The molecule has 0 rings (SSSR count). The molecule has 0 aromatic heterocycles. The monoisotopic (exact) mass is 190 g/mol. The van der Waals surface area contributed by atoms with E-state index in [0.29, 0.717) is 0 Å². The Morgan fingerprint density at radius 2 is 2.21 bits per heavy atom. The molecule has 0 saturated heterocycles. The predicted octanol–water partition coefficient (Wildman–Crippen LogP) is 2.21. The van der Waals surface area contributed by atoms with E-state index in [1.165, 1.54) is 12.8 Å². The maximum atomic E-state index is 10.0. The van der Waals surface area contributed by atoms with Gasteiger partial charge in [0.15, 0.2) is 0 Å². The minimum atomic E-state index is -0.919. The molecule has 0 radical (unpaired) electrons. The van der Waals surface area contributed by atoms with Crippen molar-refractivity contribution in [1.29, 1.82) is 0 Å². The van der Waals surface area contributed by atoms with Crippen LogP contribution in [0, 0.1) is 23.7 Å². The van der Waals surface area contributed by atoms with Crippen molar-refractivity contribution in [2.45, 2.75) is 32.6 Å². The number of rotatable bonds is 4. The van der Waals surface area contributed by atoms with Crippen molar-refractivity contribution >= 4 is 5.97 Å². The Bertz CT molecular complexity index is 305. The summed E-state index contributed by atoms with van der Waals surface area (Å²) in [6.45, 7) is 2.14. The molecule has 0 saturated carbocycles. The molecule has 0 aliphatic rings. The highest BCUT2D eigenvalue weighted by atomic mass is 16.4. The molecule has 0 aliphatic heterocycles. The lowest BCUT2D eigenvalue weighted by molar-refractivity contribution is -0.135. The highest BCUT2D eigenvalue weighted by Gasteiger charge is 1.86. The van der Waals surface area contributed by atoms with Crippen LogP contribution in [0.5, 0.6) is 0 Å². The van der Waals surface area contributed by atoms with Gasteiger partial charge in [0.2, 0.25) is 0 Å². The van der Waals surface area contributed by atoms with Crippen LogP contribution >= 0.6 is 0 Å². The Labute approximate surface area is 85.0 Å². The van der Waals surface area contributed by atoms with Gasteiger partial charge in [-0.2, -0.15) is 0 Å². The highest BCUT2D eigenvalue weighted by molar-refractivity contribution is 5.70. The van der Waals surface area contributed by atoms with Crippen molar-refractivity contribution in [2.24, 2.45) is 0 Å². The van der Waals surface area contributed by atoms with Crippen molar-refractivity contribution in [3.05, 3.63) is 12.2 Å². The van der Waals surface area contributed by atoms with Crippen LogP contribution in [0.25, 0.3) is 0 Å². The maximum absolute atomic E-state index is 10.0. The van der Waals surface area contributed by atoms with E-state index in [-0.39, 0.29) is 6.42 Å². The van der Waals surface area contributed by atoms with Crippen LogP contribution in [0.15, 0.2) is 12.2 Å². The molecular weight excluding hydrogens is 176 g/mol. The van der Waals surface area contributed by atoms with Crippen molar-refractivity contribution in [2.75, 3.05) is 0 Å². The van der Waals surface area contributed by atoms with Gasteiger partial charge in [0, 0.05) is 0 Å². The fourth-order valence-corrected chi connectivity index (χ4v) is 0.706. The number of carbonyl (C=O) groups is 1. The average Bonchev–Trinajstić information content (AvgIpc) is 2.15. The van der Waals surface area contributed by atoms with Gasteiger partial charge >= 0.3 is 5.97 Å². The van der Waals surface area contributed by atoms with Crippen molar-refractivity contribution in [1.82, 2.24) is 0 Å². The Balaban J connectivity index is 3.65. The molecule has 0 amide bonds. The molecular formula is C12H14O2. The lowest BCUT2D eigenvalue weighted by atomic mass is 10.2. The molecule has 0 atom stereocenters. The van der Waals surface area contributed by atoms with Gasteiger partial charge in [-0.25, -0.2) is 0 Å². The van der Waals surface area contributed by atoms with Gasteiger partial charge in [0.05, 0.1) is 0 Å². The van der Waals surface area contributed by atoms with Gasteiger partial charge in [-0.3, -0.25) is 4.79 Å². The number of hydrogen-bond acceptors (Lipinski definition) is 1. The smallest absolute Gasteiger partial charge is 0.315 e. The molecule has 0 aromatic carbocycles. The lowest BCUT2D eigenvalue weighted by Crippen LogP contribution is -1.89. The maximum Gasteiger partial charge on any atom is 0.315 e. The first-order chi connectivity index (χ1) is 6.77. The number of carboxylic acid groups (broad SMARTS) is 1. The van der Waals surface area contributed by atoms with E-state index in [0.717, 1.165) is 6.42 Å². The van der Waals surface area contributed by atoms with E-state index in [4.69, 9.17) is 5.11 Å². The van der Waals surface area contributed by atoms with E-state index >= 15 is 0 Å². The predicted molar refractivity (Wildman–Crippen MR) is 56.5 cm³/mol. The minimum absolute atomic E-state index is 0.145. The Kier molecular flexibility index (Phi) is 8.29. The van der Waals surface area contributed by atoms with Crippen LogP contribution in [0.1, 0.15) is 32.6 Å². The second kappa shape index (κ2) is 9.42. The van der Waals surface area contributed by atoms with Gasteiger partial charge in [-0.15, -0.1) is 0 Å². The second-order valence-corrected chi connectivity index (χ2v) is 2.69. The van der Waals surface area contributed by atoms with Crippen molar-refractivity contribution in [3.63, 3.8) is 0 Å². The zero-order valence-corrected chi connectivity index (χ0v) is 8.34. The molecule has 0 aliphatic carbocycles. The Morgan fingerprint density at radius 3 is 2.86 bits per heavy atom. The van der Waals surface area contributed by atoms with E-state index in [9.17, 15) is 4.79 Å². The van der Waals surface area contributed by atoms with Crippen molar-refractivity contribution in [3.8, 4) is 23.7 Å². The number of allylic oxidation sites excluding steroid dienone is 2. The topological polar surface area (TPSA) is 37.3 Å². The van der Waals surface area contributed by atoms with Gasteiger partial charge in [0.1, 0.15) is 6.42 Å². The number of aliphatic carboxylic acids is 1. The second-order valence-electron chi connectivity index (χ2n) is 2.69. The fraction of sp³-hybridized carbons (Fsp3) is 0.417. The standard InChI is InChI=1S/C12H14O2/c1-2-3-4-5-6-7-8-9-10-11-12(13)14/h5-6H,2-4,11H2,1H3,(H,13,14)/b6-5+. The highest BCUT2D eigenvalue weighted by Crippen LogP contribution is 1.93. The summed E-state index contributed by atoms with van der Waals surface area (Å²) in [7, 11) is 0. The van der Waals surface area contributed by atoms with E-state index in [1.807, 2.05) is 6.08 Å². The molecule has 0 unspecified atom stereocenters. The fourth-order valence-electron chi connectivity index (χ4n) is 0.706. The quantitative estimate of drug-likeness (QED) is 0.545. The molecule has 0 spiro atoms. The summed E-state index contributed by atoms with van der Waals surface area (Å²) in [5, 5.41) is 8.25. The van der Waals surface area contributed by atoms with E-state index < -0.39 is 5.97 Å². The van der Waals surface area contributed by atoms with Gasteiger partial charge in [-0.1, -0.05) is 37.7 Å². The first-order valence-electron chi connectivity index (χ1n) is 4.62. The van der Waals surface area contributed by atoms with E-state index in [1.54, 1.807) is 6.08 Å². The van der Waals surface area contributed by atoms with Crippen LogP contribution < -0.4 is 0 Å². The molecule has 2 nitrogen and oxygen atoms in total. The molecule has 0 fully saturated rings. The zero-order chi connectivity index (χ0) is 10.6. The summed E-state index contributed by atoms with van der Waals surface area (Å²) in [5.41, 5.74) is 0. The Morgan fingerprint density at radius 1 is 1.43 bits per heavy atom. The van der Waals surface area contributed by atoms with Crippen LogP contribution in [0.2, 0.25) is 0 Å². The molecule has 0 aromatic rings. The van der Waals surface area contributed by atoms with Crippen LogP contribution in [-0.2, 0) is 4.79 Å². The third kappa shape index (κ3) is 10.3. The zero-order valence-electron chi connectivity index (χ0n) is 8.34. The largest absolute Gasteiger partial charge is 0.481 e. The first-order valence-corrected chi connectivity index (χ1v) is 4.62. The summed E-state index contributed by atoms with van der Waals surface area (Å²) >= 11 is 0. The van der Waals surface area contributed by atoms with Gasteiger partial charge in [-0.05, 0) is 24.3 Å². The van der Waals surface area contributed by atoms with Gasteiger partial charge < -0.3 is 5.11 Å². The Hall–Kier alpha value is -1.67. The van der Waals surface area contributed by atoms with Crippen molar-refractivity contribution < 1.29 is 9.90 Å². The normalized spacial score (nSPS) is 8.64. The number of unbranched alkanes of at least 4 members (excludes halogenated alkanes) is 2. The summed E-state index contributed by atoms with van der Waals surface area (Å²) in [4.78, 5) is 10.0. The summed E-state index contributed by atoms with van der Waals surface area (Å²) in [6.07, 6.45) is 6.99. The van der Waals surface area contributed by atoms with E-state index in [2.05, 4.69) is 30.6 Å². The summed E-state index contributed by atoms with van der Waals surface area (Å²) < 4.78 is 0. The first kappa shape index (κ1) is 12.3. The van der Waals surface area contributed by atoms with Crippen LogP contribution in [0.4, 0.5) is 0 Å². The summed E-state index contributed by atoms with van der Waals surface area (Å²) in [6, 6.07) is 0. The number of hydrogen-bond donors (Lipinski definition) is 1. The van der Waals surface area contributed by atoms with Gasteiger partial charge in [0.25, 0.3) is 0 Å². The molecule has 0 heterocycles. The number of carboxylic acids is 1. The lowest BCUT2D eigenvalue weighted by Gasteiger charge is -1.83. The van der Waals surface area contributed by atoms with Crippen LogP contribution in [-0.4, -0.2) is 11.1 Å². The molecule has 2 heteroatoms.